The molecule has 0 aliphatic rings. The molecule has 3 aromatic rings. The Kier molecular flexibility index (Phi) is 7.02. The Morgan fingerprint density at radius 3 is 2.44 bits per heavy atom. The molecule has 0 bridgehead atoms. The molecule has 0 radical (unpaired) electrons. The van der Waals surface area contributed by atoms with E-state index in [1.165, 1.54) is 6.92 Å². The normalized spacial score (nSPS) is 11.4. The van der Waals surface area contributed by atoms with E-state index in [1.807, 2.05) is 26.8 Å². The van der Waals surface area contributed by atoms with Crippen LogP contribution >= 0.6 is 0 Å². The minimum absolute atomic E-state index is 0.0181. The topological polar surface area (TPSA) is 118 Å². The highest BCUT2D eigenvalue weighted by Gasteiger charge is 2.30. The van der Waals surface area contributed by atoms with Crippen LogP contribution in [0.1, 0.15) is 71.8 Å². The van der Waals surface area contributed by atoms with Crippen LogP contribution in [0.25, 0.3) is 0 Å². The van der Waals surface area contributed by atoms with Gasteiger partial charge in [0.05, 0.1) is 5.56 Å². The van der Waals surface area contributed by atoms with Crippen molar-refractivity contribution in [3.05, 3.63) is 64.5 Å². The zero-order valence-electron chi connectivity index (χ0n) is 18.8. The zero-order valence-corrected chi connectivity index (χ0v) is 18.8. The van der Waals surface area contributed by atoms with Gasteiger partial charge in [0.2, 0.25) is 0 Å². The number of nitrogens with one attached hydrogen (secondary N) is 1. The predicted molar refractivity (Wildman–Crippen MR) is 119 cm³/mol. The fraction of sp³-hybridized carbons (Fsp3) is 0.375. The van der Waals surface area contributed by atoms with Gasteiger partial charge in [-0.05, 0) is 59.7 Å². The second-order valence-corrected chi connectivity index (χ2v) is 8.46. The number of phenols is 1. The highest BCUT2D eigenvalue weighted by atomic mass is 16.5. The number of aromatic amines is 1. The second-order valence-electron chi connectivity index (χ2n) is 8.46. The van der Waals surface area contributed by atoms with Crippen LogP contribution in [0.5, 0.6) is 11.5 Å². The maximum Gasteiger partial charge on any atom is 0.168 e. The number of tetrazole rings is 1. The Balaban J connectivity index is 1.70. The van der Waals surface area contributed by atoms with Crippen LogP contribution in [0.4, 0.5) is 0 Å². The first kappa shape index (κ1) is 23.1. The van der Waals surface area contributed by atoms with Crippen molar-refractivity contribution >= 4 is 11.6 Å². The van der Waals surface area contributed by atoms with Crippen molar-refractivity contribution in [2.75, 3.05) is 0 Å². The molecule has 1 aromatic heterocycles. The van der Waals surface area contributed by atoms with Gasteiger partial charge in [-0.25, -0.2) is 5.10 Å². The molecule has 0 saturated heterocycles. The molecule has 32 heavy (non-hydrogen) atoms. The van der Waals surface area contributed by atoms with Crippen molar-refractivity contribution in [3.8, 4) is 11.5 Å². The minimum Gasteiger partial charge on any atom is -0.507 e. The lowest BCUT2D eigenvalue weighted by Gasteiger charge is -2.21. The summed E-state index contributed by atoms with van der Waals surface area (Å²) in [7, 11) is 0. The van der Waals surface area contributed by atoms with E-state index >= 15 is 0 Å². The van der Waals surface area contributed by atoms with E-state index in [1.54, 1.807) is 30.3 Å². The summed E-state index contributed by atoms with van der Waals surface area (Å²) in [5.74, 6) is 1.01. The molecule has 2 N–H and O–H groups in total. The van der Waals surface area contributed by atoms with Crippen LogP contribution in [0, 0.1) is 5.41 Å². The average Bonchev–Trinajstić information content (AvgIpc) is 3.26. The molecule has 0 aliphatic carbocycles. The first-order valence-electron chi connectivity index (χ1n) is 10.6. The maximum absolute atomic E-state index is 12.9. The van der Waals surface area contributed by atoms with Gasteiger partial charge in [-0.2, -0.15) is 0 Å². The van der Waals surface area contributed by atoms with Gasteiger partial charge >= 0.3 is 0 Å². The van der Waals surface area contributed by atoms with Crippen LogP contribution in [0.2, 0.25) is 0 Å². The van der Waals surface area contributed by atoms with E-state index in [-0.39, 0.29) is 23.9 Å². The van der Waals surface area contributed by atoms with Gasteiger partial charge < -0.3 is 9.84 Å². The number of benzene rings is 2. The lowest BCUT2D eigenvalue weighted by atomic mass is 9.81. The van der Waals surface area contributed by atoms with Crippen LogP contribution in [-0.2, 0) is 19.4 Å². The molecule has 0 amide bonds. The van der Waals surface area contributed by atoms with Crippen molar-refractivity contribution in [3.63, 3.8) is 0 Å². The highest BCUT2D eigenvalue weighted by Crippen LogP contribution is 2.30. The molecule has 8 nitrogen and oxygen atoms in total. The van der Waals surface area contributed by atoms with Gasteiger partial charge in [-0.15, -0.1) is 5.10 Å². The number of carbonyl (C=O) groups excluding carboxylic acids is 2. The third kappa shape index (κ3) is 5.19. The fourth-order valence-corrected chi connectivity index (χ4v) is 3.63. The molecular formula is C24H28N4O4. The number of H-pyrrole nitrogens is 1. The van der Waals surface area contributed by atoms with Crippen molar-refractivity contribution < 1.29 is 19.4 Å². The summed E-state index contributed by atoms with van der Waals surface area (Å²) in [6.07, 6.45) is 1.88. The minimum atomic E-state index is -0.672. The van der Waals surface area contributed by atoms with Crippen molar-refractivity contribution in [2.45, 2.75) is 53.6 Å². The Hall–Kier alpha value is -3.55. The van der Waals surface area contributed by atoms with Crippen LogP contribution < -0.4 is 4.74 Å². The Morgan fingerprint density at radius 1 is 1.12 bits per heavy atom. The van der Waals surface area contributed by atoms with Gasteiger partial charge in [0.15, 0.2) is 11.6 Å². The van der Waals surface area contributed by atoms with Gasteiger partial charge in [0.1, 0.15) is 23.9 Å². The third-order valence-corrected chi connectivity index (χ3v) is 5.38. The summed E-state index contributed by atoms with van der Waals surface area (Å²) in [6.45, 7) is 7.41. The lowest BCUT2D eigenvalue weighted by molar-refractivity contribution is 0.0835. The molecule has 8 heteroatoms. The smallest absolute Gasteiger partial charge is 0.168 e. The maximum atomic E-state index is 12.9. The molecule has 0 fully saturated rings. The summed E-state index contributed by atoms with van der Waals surface area (Å²) in [6, 6.07) is 10.4. The Labute approximate surface area is 187 Å². The van der Waals surface area contributed by atoms with Gasteiger partial charge in [0.25, 0.3) is 0 Å². The summed E-state index contributed by atoms with van der Waals surface area (Å²) in [4.78, 5) is 24.7. The average molecular weight is 437 g/mol. The molecule has 3 rings (SSSR count). The number of carbonyl (C=O) groups is 2. The zero-order chi connectivity index (χ0) is 23.3. The lowest BCUT2D eigenvalue weighted by Crippen LogP contribution is -2.27. The van der Waals surface area contributed by atoms with Crippen molar-refractivity contribution in [1.82, 2.24) is 20.6 Å². The summed E-state index contributed by atoms with van der Waals surface area (Å²) < 4.78 is 5.90. The third-order valence-electron chi connectivity index (χ3n) is 5.38. The van der Waals surface area contributed by atoms with E-state index in [9.17, 15) is 14.7 Å². The molecule has 0 aliphatic heterocycles. The first-order valence-corrected chi connectivity index (χ1v) is 10.6. The van der Waals surface area contributed by atoms with Gasteiger partial charge in [-0.3, -0.25) is 9.59 Å². The van der Waals surface area contributed by atoms with E-state index in [0.29, 0.717) is 35.5 Å². The number of hydrogen-bond acceptors (Lipinski definition) is 7. The predicted octanol–water partition coefficient (Wildman–Crippen LogP) is 4.09. The molecule has 1 heterocycles. The largest absolute Gasteiger partial charge is 0.507 e. The number of aromatic hydroxyl groups is 1. The van der Waals surface area contributed by atoms with E-state index in [0.717, 1.165) is 17.5 Å². The SMILES string of the molecule is CCCc1c(COc2ccc(C(=O)C(C)(C)Cc3nnn[nH]3)cc2)ccc(C(C)=O)c1O. The van der Waals surface area contributed by atoms with Crippen molar-refractivity contribution in [1.29, 1.82) is 0 Å². The first-order chi connectivity index (χ1) is 15.2. The van der Waals surface area contributed by atoms with Crippen LogP contribution in [0.3, 0.4) is 0 Å². The second kappa shape index (κ2) is 9.72. The molecule has 2 aromatic carbocycles. The fourth-order valence-electron chi connectivity index (χ4n) is 3.63. The van der Waals surface area contributed by atoms with E-state index in [2.05, 4.69) is 20.6 Å². The number of hydrogen-bond donors (Lipinski definition) is 2. The molecule has 0 unspecified atom stereocenters. The molecule has 0 atom stereocenters. The molecular weight excluding hydrogens is 408 g/mol. The van der Waals surface area contributed by atoms with Crippen LogP contribution in [-0.4, -0.2) is 37.3 Å². The quantitative estimate of drug-likeness (QED) is 0.460. The number of ketones is 2. The Bertz CT molecular complexity index is 1090. The monoisotopic (exact) mass is 436 g/mol. The number of phenolic OH excluding ortho intramolecular Hbond substituents is 1. The van der Waals surface area contributed by atoms with E-state index < -0.39 is 5.41 Å². The number of Topliss-reactive ketones (excluding diaryl/α,β-unsaturated/α-hetero) is 2. The molecule has 168 valence electrons. The number of aromatic nitrogens is 4. The Morgan fingerprint density at radius 2 is 1.84 bits per heavy atom. The van der Waals surface area contributed by atoms with Gasteiger partial charge in [-0.1, -0.05) is 33.3 Å². The van der Waals surface area contributed by atoms with E-state index in [4.69, 9.17) is 4.74 Å². The van der Waals surface area contributed by atoms with Crippen molar-refractivity contribution in [2.24, 2.45) is 5.41 Å². The number of rotatable bonds is 10. The summed E-state index contributed by atoms with van der Waals surface area (Å²) >= 11 is 0. The standard InChI is InChI=1S/C24H28N4O4/c1-5-6-20-17(9-12-19(15(2)29)22(20)30)14-32-18-10-7-16(8-11-18)23(31)24(3,4)13-21-25-27-28-26-21/h7-12,30H,5-6,13-14H2,1-4H3,(H,25,26,27,28). The highest BCUT2D eigenvalue weighted by molar-refractivity contribution is 6.00. The summed E-state index contributed by atoms with van der Waals surface area (Å²) in [5, 5.41) is 24.2. The molecule has 0 saturated carbocycles. The van der Waals surface area contributed by atoms with Crippen LogP contribution in [0.15, 0.2) is 36.4 Å². The number of nitrogens with zero attached hydrogens (tertiary/aromatic N) is 3. The number of ether oxygens (including phenoxy) is 1. The molecule has 0 spiro atoms. The van der Waals surface area contributed by atoms with Gasteiger partial charge in [0, 0.05) is 23.0 Å². The summed E-state index contributed by atoms with van der Waals surface area (Å²) in [5.41, 5.74) is 1.79.